The van der Waals surface area contributed by atoms with Crippen molar-refractivity contribution in [2.75, 3.05) is 0 Å². The zero-order chi connectivity index (χ0) is 19.7. The number of hydrogen-bond acceptors (Lipinski definition) is 8. The summed E-state index contributed by atoms with van der Waals surface area (Å²) in [5.74, 6) is 1.97. The number of rotatable bonds is 6. The Balaban J connectivity index is 1.44. The summed E-state index contributed by atoms with van der Waals surface area (Å²) in [6.45, 7) is 8.05. The van der Waals surface area contributed by atoms with Crippen molar-refractivity contribution in [1.82, 2.24) is 29.8 Å². The molecule has 1 atom stereocenters. The third kappa shape index (κ3) is 4.05. The zero-order valence-corrected chi connectivity index (χ0v) is 17.7. The highest BCUT2D eigenvalue weighted by atomic mass is 32.2. The number of fused-ring (bicyclic) bond motifs is 1. The first-order chi connectivity index (χ1) is 13.5. The zero-order valence-electron chi connectivity index (χ0n) is 16.1. The molecular formula is C19H20N6OS2. The summed E-state index contributed by atoms with van der Waals surface area (Å²) < 4.78 is 7.59. The molecule has 0 fully saturated rings. The van der Waals surface area contributed by atoms with Crippen molar-refractivity contribution >= 4 is 29.3 Å². The molecule has 0 radical (unpaired) electrons. The number of aromatic nitrogens is 6. The van der Waals surface area contributed by atoms with Gasteiger partial charge in [-0.05, 0) is 44.9 Å². The summed E-state index contributed by atoms with van der Waals surface area (Å²) in [5, 5.41) is 14.0. The molecule has 0 amide bonds. The summed E-state index contributed by atoms with van der Waals surface area (Å²) in [6.07, 6.45) is 0. The van der Waals surface area contributed by atoms with E-state index in [1.807, 2.05) is 39.0 Å². The number of aryl methyl sites for hydroxylation is 3. The second-order valence-electron chi connectivity index (χ2n) is 6.53. The highest BCUT2D eigenvalue weighted by molar-refractivity contribution is 7.99. The first-order valence-corrected chi connectivity index (χ1v) is 10.7. The van der Waals surface area contributed by atoms with Crippen LogP contribution in [0.3, 0.4) is 0 Å². The monoisotopic (exact) mass is 412 g/mol. The van der Waals surface area contributed by atoms with E-state index in [9.17, 15) is 0 Å². The van der Waals surface area contributed by atoms with Crippen LogP contribution in [-0.2, 0) is 5.75 Å². The average Bonchev–Trinajstić information content (AvgIpc) is 3.28. The van der Waals surface area contributed by atoms with Crippen LogP contribution in [0.25, 0.3) is 5.78 Å². The maximum atomic E-state index is 5.84. The molecule has 28 heavy (non-hydrogen) atoms. The Bertz CT molecular complexity index is 1120. The van der Waals surface area contributed by atoms with Gasteiger partial charge in [0.2, 0.25) is 11.0 Å². The van der Waals surface area contributed by atoms with Crippen molar-refractivity contribution in [3.8, 4) is 0 Å². The van der Waals surface area contributed by atoms with Gasteiger partial charge in [0, 0.05) is 17.1 Å². The highest BCUT2D eigenvalue weighted by Crippen LogP contribution is 2.34. The van der Waals surface area contributed by atoms with Gasteiger partial charge in [0.15, 0.2) is 0 Å². The van der Waals surface area contributed by atoms with E-state index in [4.69, 9.17) is 4.42 Å². The van der Waals surface area contributed by atoms with Crippen molar-refractivity contribution < 1.29 is 4.42 Å². The molecule has 4 rings (SSSR count). The Morgan fingerprint density at radius 2 is 1.93 bits per heavy atom. The molecule has 0 spiro atoms. The van der Waals surface area contributed by atoms with Crippen molar-refractivity contribution in [2.24, 2.45) is 0 Å². The van der Waals surface area contributed by atoms with Crippen LogP contribution < -0.4 is 0 Å². The van der Waals surface area contributed by atoms with Crippen LogP contribution >= 0.6 is 23.5 Å². The van der Waals surface area contributed by atoms with E-state index in [0.29, 0.717) is 22.0 Å². The van der Waals surface area contributed by atoms with Crippen LogP contribution in [0.15, 0.2) is 45.1 Å². The largest absolute Gasteiger partial charge is 0.415 e. The Hall–Kier alpha value is -2.39. The van der Waals surface area contributed by atoms with Crippen LogP contribution in [-0.4, -0.2) is 29.8 Å². The fraction of sp³-hybridized carbons (Fsp3) is 0.316. The number of thioether (sulfide) groups is 2. The minimum atomic E-state index is -0.0564. The predicted octanol–water partition coefficient (Wildman–Crippen LogP) is 4.58. The summed E-state index contributed by atoms with van der Waals surface area (Å²) in [6, 6.07) is 10.3. The summed E-state index contributed by atoms with van der Waals surface area (Å²) in [4.78, 5) is 8.92. The second-order valence-corrected chi connectivity index (χ2v) is 8.76. The van der Waals surface area contributed by atoms with Crippen molar-refractivity contribution in [2.45, 2.75) is 49.1 Å². The standard InChI is InChI=1S/C19H20N6OS2/c1-11-7-5-6-8-15(11)10-27-19-23-22-16(26-19)14(4)28-18-21-17-20-12(2)9-13(3)25(17)24-18/h5-9,14H,10H2,1-4H3. The number of hydrogen-bond donors (Lipinski definition) is 0. The van der Waals surface area contributed by atoms with Crippen LogP contribution in [0.1, 0.15) is 40.6 Å². The molecule has 0 saturated carbocycles. The Labute approximate surface area is 171 Å². The Kier molecular flexibility index (Phi) is 5.36. The summed E-state index contributed by atoms with van der Waals surface area (Å²) in [5.41, 5.74) is 4.45. The van der Waals surface area contributed by atoms with E-state index in [-0.39, 0.29) is 5.25 Å². The smallest absolute Gasteiger partial charge is 0.276 e. The molecule has 1 unspecified atom stereocenters. The first-order valence-electron chi connectivity index (χ1n) is 8.88. The SMILES string of the molecule is Cc1cc(C)n2nc(SC(C)c3nnc(SCc4ccccc4C)o3)nc2n1. The van der Waals surface area contributed by atoms with Gasteiger partial charge in [0.05, 0.1) is 5.25 Å². The second kappa shape index (κ2) is 7.92. The molecule has 0 aliphatic rings. The lowest BCUT2D eigenvalue weighted by Crippen LogP contribution is -1.97. The van der Waals surface area contributed by atoms with Crippen molar-refractivity contribution in [3.05, 3.63) is 58.7 Å². The minimum absolute atomic E-state index is 0.0564. The lowest BCUT2D eigenvalue weighted by molar-refractivity contribution is 0.415. The van der Waals surface area contributed by atoms with Gasteiger partial charge in [-0.15, -0.1) is 15.3 Å². The molecule has 3 heterocycles. The van der Waals surface area contributed by atoms with Gasteiger partial charge in [-0.1, -0.05) is 47.8 Å². The molecule has 0 aliphatic heterocycles. The van der Waals surface area contributed by atoms with E-state index in [1.54, 1.807) is 16.3 Å². The minimum Gasteiger partial charge on any atom is -0.415 e. The topological polar surface area (TPSA) is 82.0 Å². The molecule has 9 heteroatoms. The molecule has 7 nitrogen and oxygen atoms in total. The van der Waals surface area contributed by atoms with Crippen LogP contribution in [0.4, 0.5) is 0 Å². The van der Waals surface area contributed by atoms with Crippen molar-refractivity contribution in [1.29, 1.82) is 0 Å². The van der Waals surface area contributed by atoms with E-state index in [0.717, 1.165) is 17.1 Å². The molecule has 144 valence electrons. The van der Waals surface area contributed by atoms with Gasteiger partial charge in [-0.3, -0.25) is 0 Å². The van der Waals surface area contributed by atoms with Gasteiger partial charge >= 0.3 is 0 Å². The van der Waals surface area contributed by atoms with E-state index in [2.05, 4.69) is 44.3 Å². The van der Waals surface area contributed by atoms with Gasteiger partial charge in [-0.2, -0.15) is 4.98 Å². The molecule has 1 aromatic carbocycles. The first kappa shape index (κ1) is 18.9. The third-order valence-electron chi connectivity index (χ3n) is 4.26. The summed E-state index contributed by atoms with van der Waals surface area (Å²) in [7, 11) is 0. The van der Waals surface area contributed by atoms with E-state index < -0.39 is 0 Å². The number of benzene rings is 1. The Morgan fingerprint density at radius 3 is 2.75 bits per heavy atom. The maximum absolute atomic E-state index is 5.84. The van der Waals surface area contributed by atoms with Crippen LogP contribution in [0.2, 0.25) is 0 Å². The number of nitrogens with zero attached hydrogens (tertiary/aromatic N) is 6. The summed E-state index contributed by atoms with van der Waals surface area (Å²) >= 11 is 3.02. The molecular weight excluding hydrogens is 392 g/mol. The fourth-order valence-corrected chi connectivity index (χ4v) is 4.38. The van der Waals surface area contributed by atoms with E-state index >= 15 is 0 Å². The Morgan fingerprint density at radius 1 is 1.11 bits per heavy atom. The van der Waals surface area contributed by atoms with Gasteiger partial charge in [-0.25, -0.2) is 9.50 Å². The quantitative estimate of drug-likeness (QED) is 0.426. The maximum Gasteiger partial charge on any atom is 0.276 e. The molecule has 0 N–H and O–H groups in total. The fourth-order valence-electron chi connectivity index (χ4n) is 2.76. The van der Waals surface area contributed by atoms with Gasteiger partial charge < -0.3 is 4.42 Å². The molecule has 0 aliphatic carbocycles. The lowest BCUT2D eigenvalue weighted by atomic mass is 10.1. The van der Waals surface area contributed by atoms with E-state index in [1.165, 1.54) is 22.9 Å². The van der Waals surface area contributed by atoms with Crippen LogP contribution in [0, 0.1) is 20.8 Å². The van der Waals surface area contributed by atoms with Crippen molar-refractivity contribution in [3.63, 3.8) is 0 Å². The third-order valence-corrected chi connectivity index (χ3v) is 6.07. The van der Waals surface area contributed by atoms with Gasteiger partial charge in [0.25, 0.3) is 11.0 Å². The molecule has 0 saturated heterocycles. The molecule has 3 aromatic heterocycles. The van der Waals surface area contributed by atoms with Gasteiger partial charge in [0.1, 0.15) is 0 Å². The highest BCUT2D eigenvalue weighted by Gasteiger charge is 2.19. The predicted molar refractivity (Wildman–Crippen MR) is 110 cm³/mol. The normalized spacial score (nSPS) is 12.6. The molecule has 0 bridgehead atoms. The lowest BCUT2D eigenvalue weighted by Gasteiger charge is -2.03. The van der Waals surface area contributed by atoms with Crippen LogP contribution in [0.5, 0.6) is 0 Å². The molecule has 4 aromatic rings. The average molecular weight is 413 g/mol.